The van der Waals surface area contributed by atoms with Crippen molar-refractivity contribution in [1.29, 1.82) is 0 Å². The zero-order valence-corrected chi connectivity index (χ0v) is 37.6. The summed E-state index contributed by atoms with van der Waals surface area (Å²) in [7, 11) is 2.90. The van der Waals surface area contributed by atoms with E-state index >= 15 is 0 Å². The lowest BCUT2D eigenvalue weighted by atomic mass is 10.1. The molecule has 0 fully saturated rings. The number of nitrogens with zero attached hydrogens (tertiary/aromatic N) is 2. The van der Waals surface area contributed by atoms with Crippen LogP contribution < -0.4 is 10.2 Å². The maximum Gasteiger partial charge on any atom is 0.0786 e. The Bertz CT molecular complexity index is 1020. The van der Waals surface area contributed by atoms with Crippen molar-refractivity contribution >= 4 is 33.5 Å². The number of carboxylic acids is 2. The van der Waals surface area contributed by atoms with Crippen LogP contribution in [0.25, 0.3) is 0 Å². The topological polar surface area (TPSA) is 80.3 Å². The number of aromatic carboxylic acids is 2. The molecule has 54 heavy (non-hydrogen) atoms. The number of carbonyl (C=O) groups is 2. The highest BCUT2D eigenvalue weighted by atomic mass is 33.1. The fourth-order valence-corrected chi connectivity index (χ4v) is 8.61. The van der Waals surface area contributed by atoms with E-state index in [1.54, 1.807) is 24.3 Å². The number of benzene rings is 2. The molecule has 0 radical (unpaired) electrons. The Hall–Kier alpha value is -2.00. The summed E-state index contributed by atoms with van der Waals surface area (Å²) in [6.07, 6.45) is 22.1. The van der Waals surface area contributed by atoms with E-state index in [2.05, 4.69) is 55.4 Å². The molecule has 0 aromatic heterocycles. The van der Waals surface area contributed by atoms with Gasteiger partial charge in [0.25, 0.3) is 0 Å². The number of carbonyl (C=O) groups excluding carboxylic acids is 2. The fourth-order valence-electron chi connectivity index (χ4n) is 6.68. The predicted octanol–water partition coefficient (Wildman–Crippen LogP) is 11.2. The molecule has 0 aliphatic carbocycles. The van der Waals surface area contributed by atoms with Gasteiger partial charge in [-0.3, -0.25) is 0 Å². The first-order valence-electron chi connectivity index (χ1n) is 21.7. The Morgan fingerprint density at radius 1 is 0.389 bits per heavy atom. The average molecular weight is 789 g/mol. The fraction of sp³-hybridized carbons (Fsp3) is 0.696. The van der Waals surface area contributed by atoms with Gasteiger partial charge in [-0.15, -0.1) is 0 Å². The summed E-state index contributed by atoms with van der Waals surface area (Å²) in [6.45, 7) is 30.0. The van der Waals surface area contributed by atoms with Crippen molar-refractivity contribution in [3.05, 3.63) is 59.7 Å². The molecule has 0 aliphatic rings. The summed E-state index contributed by atoms with van der Waals surface area (Å²) in [5.41, 5.74) is 0.273. The van der Waals surface area contributed by atoms with Gasteiger partial charge in [-0.25, -0.2) is 0 Å². The quantitative estimate of drug-likeness (QED) is 0.0603. The van der Waals surface area contributed by atoms with Gasteiger partial charge >= 0.3 is 0 Å². The number of hydrogen-bond acceptors (Lipinski definition) is 6. The predicted molar refractivity (Wildman–Crippen MR) is 232 cm³/mol. The summed E-state index contributed by atoms with van der Waals surface area (Å²) in [6, 6.07) is 12.7. The van der Waals surface area contributed by atoms with Gasteiger partial charge in [0.2, 0.25) is 0 Å². The second-order valence-electron chi connectivity index (χ2n) is 15.1. The highest BCUT2D eigenvalue weighted by Gasteiger charge is 2.25. The highest BCUT2D eigenvalue weighted by molar-refractivity contribution is 8.76. The highest BCUT2D eigenvalue weighted by Crippen LogP contribution is 2.37. The minimum absolute atomic E-state index is 0.137. The van der Waals surface area contributed by atoms with Crippen molar-refractivity contribution in [3.8, 4) is 0 Å². The van der Waals surface area contributed by atoms with Crippen molar-refractivity contribution in [1.82, 2.24) is 0 Å². The number of hydrogen-bond donors (Lipinski definition) is 0. The average Bonchev–Trinajstić information content (AvgIpc) is 3.19. The van der Waals surface area contributed by atoms with E-state index in [0.29, 0.717) is 0 Å². The van der Waals surface area contributed by atoms with Crippen LogP contribution in [-0.4, -0.2) is 73.3 Å². The van der Waals surface area contributed by atoms with Crippen LogP contribution in [-0.2, 0) is 0 Å². The van der Waals surface area contributed by atoms with Gasteiger partial charge in [0, 0.05) is 9.79 Å². The van der Waals surface area contributed by atoms with Gasteiger partial charge in [-0.2, -0.15) is 0 Å². The molecule has 0 heterocycles. The van der Waals surface area contributed by atoms with Crippen LogP contribution in [0.5, 0.6) is 0 Å². The van der Waals surface area contributed by atoms with Crippen LogP contribution in [0.1, 0.15) is 179 Å². The molecule has 2 rings (SSSR count). The van der Waals surface area contributed by atoms with Crippen LogP contribution in [0, 0.1) is 0 Å². The minimum Gasteiger partial charge on any atom is -0.545 e. The molecule has 6 nitrogen and oxygen atoms in total. The largest absolute Gasteiger partial charge is 0.545 e. The Morgan fingerprint density at radius 2 is 0.574 bits per heavy atom. The second kappa shape index (κ2) is 33.2. The van der Waals surface area contributed by atoms with Crippen LogP contribution in [0.3, 0.4) is 0 Å². The minimum atomic E-state index is -1.20. The van der Waals surface area contributed by atoms with E-state index < -0.39 is 11.9 Å². The van der Waals surface area contributed by atoms with Crippen molar-refractivity contribution < 1.29 is 28.8 Å². The third-order valence-electron chi connectivity index (χ3n) is 10.3. The molecule has 8 heteroatoms. The zero-order valence-electron chi connectivity index (χ0n) is 35.9. The van der Waals surface area contributed by atoms with Crippen molar-refractivity contribution in [2.45, 2.75) is 168 Å². The van der Waals surface area contributed by atoms with Crippen molar-refractivity contribution in [3.63, 3.8) is 0 Å². The maximum absolute atomic E-state index is 10.6. The summed E-state index contributed by atoms with van der Waals surface area (Å²) < 4.78 is 2.84. The smallest absolute Gasteiger partial charge is 0.0786 e. The van der Waals surface area contributed by atoms with Crippen molar-refractivity contribution in [2.75, 3.05) is 52.4 Å². The number of quaternary nitrogens is 2. The standard InChI is InChI=1S/2C16H36N.C14H10O4S2/c2*1-5-9-13-17(14-10-6-2,15-11-7-3)16-12-8-4;15-13(16)9-1-5-11(6-2-9)19-20-12-7-3-10(4-8-12)14(17)18/h2*5-16H2,1-4H3;1-8H,(H,15,16)(H,17,18)/q2*+1;/p-2. The lowest BCUT2D eigenvalue weighted by Gasteiger charge is -2.39. The van der Waals surface area contributed by atoms with E-state index in [4.69, 9.17) is 0 Å². The molecule has 0 unspecified atom stereocenters. The molecule has 0 saturated carbocycles. The summed E-state index contributed by atoms with van der Waals surface area (Å²) >= 11 is 0. The lowest BCUT2D eigenvalue weighted by molar-refractivity contribution is -0.929. The van der Waals surface area contributed by atoms with E-state index in [9.17, 15) is 19.8 Å². The first-order chi connectivity index (χ1) is 26.0. The van der Waals surface area contributed by atoms with E-state index in [0.717, 1.165) is 9.79 Å². The monoisotopic (exact) mass is 789 g/mol. The molecule has 0 amide bonds. The van der Waals surface area contributed by atoms with Gasteiger partial charge in [0.15, 0.2) is 0 Å². The lowest BCUT2D eigenvalue weighted by Crippen LogP contribution is -2.50. The van der Waals surface area contributed by atoms with Gasteiger partial charge in [-0.1, -0.05) is 153 Å². The molecular weight excluding hydrogens is 709 g/mol. The van der Waals surface area contributed by atoms with Gasteiger partial charge in [0.05, 0.1) is 64.3 Å². The molecular formula is C46H80N2O4S2. The van der Waals surface area contributed by atoms with E-state index in [-0.39, 0.29) is 11.1 Å². The van der Waals surface area contributed by atoms with Crippen LogP contribution >= 0.6 is 21.6 Å². The Morgan fingerprint density at radius 3 is 0.722 bits per heavy atom. The summed E-state index contributed by atoms with van der Waals surface area (Å²) in [5.74, 6) is -2.40. The molecule has 0 spiro atoms. The first-order valence-corrected chi connectivity index (χ1v) is 23.9. The summed E-state index contributed by atoms with van der Waals surface area (Å²) in [5, 5.41) is 21.2. The number of carboxylic acid groups (broad SMARTS) is 2. The molecule has 2 aromatic carbocycles. The zero-order chi connectivity index (χ0) is 40.5. The first kappa shape index (κ1) is 52.0. The van der Waals surface area contributed by atoms with Crippen LogP contribution in [0.15, 0.2) is 58.3 Å². The van der Waals surface area contributed by atoms with E-state index in [1.165, 1.54) is 210 Å². The molecule has 0 aliphatic heterocycles. The number of unbranched alkanes of at least 4 members (excludes halogenated alkanes) is 8. The van der Waals surface area contributed by atoms with Crippen LogP contribution in [0.2, 0.25) is 0 Å². The van der Waals surface area contributed by atoms with Crippen LogP contribution in [0.4, 0.5) is 0 Å². The normalized spacial score (nSPS) is 11.3. The molecule has 310 valence electrons. The van der Waals surface area contributed by atoms with Gasteiger partial charge in [-0.05, 0) is 86.8 Å². The van der Waals surface area contributed by atoms with Gasteiger partial charge in [0.1, 0.15) is 0 Å². The summed E-state index contributed by atoms with van der Waals surface area (Å²) in [4.78, 5) is 23.0. The second-order valence-corrected chi connectivity index (χ2v) is 17.4. The third-order valence-corrected chi connectivity index (χ3v) is 12.7. The Kier molecular flexibility index (Phi) is 31.9. The third kappa shape index (κ3) is 23.8. The molecule has 0 N–H and O–H groups in total. The van der Waals surface area contributed by atoms with Gasteiger partial charge < -0.3 is 28.8 Å². The number of rotatable bonds is 29. The van der Waals surface area contributed by atoms with Crippen molar-refractivity contribution in [2.24, 2.45) is 0 Å². The molecule has 0 saturated heterocycles. The molecule has 0 atom stereocenters. The van der Waals surface area contributed by atoms with E-state index in [1.807, 2.05) is 0 Å². The Balaban J connectivity index is 0.000000786. The molecule has 2 aromatic rings. The molecule has 0 bridgehead atoms. The Labute approximate surface area is 340 Å². The maximum atomic E-state index is 10.6. The SMILES string of the molecule is CCCC[N+](CCCC)(CCCC)CCCC.CCCC[N+](CCCC)(CCCC)CCCC.O=C([O-])c1ccc(SSc2ccc(C(=O)[O-])cc2)cc1.